The minimum absolute atomic E-state index is 0.152. The fourth-order valence-electron chi connectivity index (χ4n) is 5.70. The number of aromatic amines is 1. The topological polar surface area (TPSA) is 95.1 Å². The highest BCUT2D eigenvalue weighted by molar-refractivity contribution is 6.09. The molecule has 4 heterocycles. The van der Waals surface area contributed by atoms with Gasteiger partial charge in [0.15, 0.2) is 0 Å². The van der Waals surface area contributed by atoms with Gasteiger partial charge in [0.2, 0.25) is 0 Å². The minimum Gasteiger partial charge on any atom is -0.354 e. The Bertz CT molecular complexity index is 1590. The summed E-state index contributed by atoms with van der Waals surface area (Å²) in [6.45, 7) is 16.3. The third kappa shape index (κ3) is 5.41. The van der Waals surface area contributed by atoms with E-state index in [0.29, 0.717) is 11.1 Å². The lowest BCUT2D eigenvalue weighted by Gasteiger charge is -2.28. The van der Waals surface area contributed by atoms with E-state index < -0.39 is 0 Å². The van der Waals surface area contributed by atoms with Crippen LogP contribution in [-0.4, -0.2) is 46.6 Å². The van der Waals surface area contributed by atoms with Gasteiger partial charge in [-0.1, -0.05) is 13.8 Å². The predicted octanol–water partition coefficient (Wildman–Crippen LogP) is 5.05. The van der Waals surface area contributed by atoms with Crippen LogP contribution in [0.2, 0.25) is 0 Å². The highest BCUT2D eigenvalue weighted by atomic mass is 16.1. The molecule has 1 fully saturated rings. The first-order valence-electron chi connectivity index (χ1n) is 14.2. The largest absolute Gasteiger partial charge is 0.354 e. The Kier molecular flexibility index (Phi) is 7.81. The molecule has 0 radical (unpaired) electrons. The lowest BCUT2D eigenvalue weighted by molar-refractivity contribution is 0.0952. The van der Waals surface area contributed by atoms with Gasteiger partial charge in [-0.15, -0.1) is 0 Å². The molecule has 4 aromatic rings. The van der Waals surface area contributed by atoms with E-state index in [-0.39, 0.29) is 30.0 Å². The molecule has 8 nitrogen and oxygen atoms in total. The summed E-state index contributed by atoms with van der Waals surface area (Å²) in [4.78, 5) is 36.6. The Labute approximate surface area is 235 Å². The number of nitrogens with one attached hydrogen (secondary N) is 3. The van der Waals surface area contributed by atoms with Crippen molar-refractivity contribution in [3.63, 3.8) is 0 Å². The van der Waals surface area contributed by atoms with Gasteiger partial charge >= 0.3 is 0 Å². The number of anilines is 1. The first-order valence-corrected chi connectivity index (χ1v) is 14.2. The van der Waals surface area contributed by atoms with E-state index in [0.717, 1.165) is 70.8 Å². The number of rotatable bonds is 7. The van der Waals surface area contributed by atoms with Crippen LogP contribution < -0.4 is 21.1 Å². The number of amides is 1. The van der Waals surface area contributed by atoms with Crippen LogP contribution in [0.5, 0.6) is 0 Å². The zero-order valence-corrected chi connectivity index (χ0v) is 24.4. The standard InChI is InChI=1S/C32H40N6O2/c1-19(2)25-13-22(6)36-32(40)27(25)17-35-31(39)26-14-24(15-28-30(26)21(5)18-38(28)20(3)4)23-7-8-29(34-16-23)37-11-9-33-10-12-37/h7-8,13-16,18-20,33H,9-12,17H2,1-6H3,(H,35,39)(H,36,40). The number of carbonyl (C=O) groups is 1. The van der Waals surface area contributed by atoms with E-state index in [9.17, 15) is 9.59 Å². The summed E-state index contributed by atoms with van der Waals surface area (Å²) >= 11 is 0. The molecule has 40 heavy (non-hydrogen) atoms. The number of fused-ring (bicyclic) bond motifs is 1. The van der Waals surface area contributed by atoms with Crippen LogP contribution in [0.25, 0.3) is 22.0 Å². The second kappa shape index (κ2) is 11.3. The van der Waals surface area contributed by atoms with Gasteiger partial charge < -0.3 is 25.1 Å². The van der Waals surface area contributed by atoms with Crippen LogP contribution in [0, 0.1) is 13.8 Å². The number of aromatic nitrogens is 3. The third-order valence-corrected chi connectivity index (χ3v) is 7.80. The van der Waals surface area contributed by atoms with Gasteiger partial charge in [-0.05, 0) is 80.6 Å². The zero-order valence-electron chi connectivity index (χ0n) is 24.4. The van der Waals surface area contributed by atoms with Gasteiger partial charge in [-0.2, -0.15) is 0 Å². The number of hydrogen-bond donors (Lipinski definition) is 3. The molecule has 5 rings (SSSR count). The van der Waals surface area contributed by atoms with E-state index in [1.54, 1.807) is 0 Å². The average Bonchev–Trinajstić information content (AvgIpc) is 3.28. The molecule has 8 heteroatoms. The van der Waals surface area contributed by atoms with E-state index in [4.69, 9.17) is 4.98 Å². The smallest absolute Gasteiger partial charge is 0.253 e. The minimum atomic E-state index is -0.198. The molecule has 1 aliphatic heterocycles. The molecular weight excluding hydrogens is 500 g/mol. The van der Waals surface area contributed by atoms with Gasteiger partial charge in [0, 0.05) is 84.4 Å². The van der Waals surface area contributed by atoms with Crippen molar-refractivity contribution in [2.45, 2.75) is 60.0 Å². The Hall–Kier alpha value is -3.91. The molecule has 210 valence electrons. The highest BCUT2D eigenvalue weighted by Gasteiger charge is 2.21. The van der Waals surface area contributed by atoms with Gasteiger partial charge in [0.05, 0.1) is 0 Å². The maximum absolute atomic E-state index is 13.8. The van der Waals surface area contributed by atoms with Gasteiger partial charge in [0.25, 0.3) is 11.5 Å². The number of H-pyrrole nitrogens is 1. The molecular formula is C32H40N6O2. The summed E-state index contributed by atoms with van der Waals surface area (Å²) in [6, 6.07) is 10.5. The molecule has 0 aliphatic carbocycles. The zero-order chi connectivity index (χ0) is 28.6. The van der Waals surface area contributed by atoms with Gasteiger partial charge in [0.1, 0.15) is 5.82 Å². The summed E-state index contributed by atoms with van der Waals surface area (Å²) < 4.78 is 2.22. The number of aryl methyl sites for hydroxylation is 2. The molecule has 3 aromatic heterocycles. The van der Waals surface area contributed by atoms with Crippen LogP contribution in [0.1, 0.15) is 72.4 Å². The molecule has 0 atom stereocenters. The molecule has 0 bridgehead atoms. The van der Waals surface area contributed by atoms with Crippen LogP contribution in [0.3, 0.4) is 0 Å². The SMILES string of the molecule is Cc1cc(C(C)C)c(CNC(=O)c2cc(-c3ccc(N4CCNCC4)nc3)cc3c2c(C)cn3C(C)C)c(=O)[nH]1. The molecule has 3 N–H and O–H groups in total. The second-order valence-electron chi connectivity index (χ2n) is 11.4. The summed E-state index contributed by atoms with van der Waals surface area (Å²) in [5.41, 5.74) is 6.78. The van der Waals surface area contributed by atoms with E-state index in [1.807, 2.05) is 32.2 Å². The summed E-state index contributed by atoms with van der Waals surface area (Å²) in [5, 5.41) is 7.37. The Morgan fingerprint density at radius 1 is 1.05 bits per heavy atom. The van der Waals surface area contributed by atoms with Crippen molar-refractivity contribution in [1.82, 2.24) is 25.2 Å². The predicted molar refractivity (Wildman–Crippen MR) is 162 cm³/mol. The first kappa shape index (κ1) is 27.6. The molecule has 1 amide bonds. The van der Waals surface area contributed by atoms with Crippen molar-refractivity contribution in [3.05, 3.63) is 81.0 Å². The number of pyridine rings is 2. The van der Waals surface area contributed by atoms with Crippen LogP contribution in [-0.2, 0) is 6.54 Å². The van der Waals surface area contributed by atoms with Crippen LogP contribution >= 0.6 is 0 Å². The lowest BCUT2D eigenvalue weighted by Crippen LogP contribution is -2.43. The molecule has 1 aromatic carbocycles. The monoisotopic (exact) mass is 540 g/mol. The van der Waals surface area contributed by atoms with E-state index >= 15 is 0 Å². The Balaban J connectivity index is 1.53. The van der Waals surface area contributed by atoms with E-state index in [1.165, 1.54) is 0 Å². The summed E-state index contributed by atoms with van der Waals surface area (Å²) in [5.74, 6) is 0.938. The fourth-order valence-corrected chi connectivity index (χ4v) is 5.70. The van der Waals surface area contributed by atoms with Crippen molar-refractivity contribution < 1.29 is 4.79 Å². The summed E-state index contributed by atoms with van der Waals surface area (Å²) in [7, 11) is 0. The highest BCUT2D eigenvalue weighted by Crippen LogP contribution is 2.33. The molecule has 0 spiro atoms. The number of nitrogens with zero attached hydrogens (tertiary/aromatic N) is 3. The van der Waals surface area contributed by atoms with Crippen molar-refractivity contribution >= 4 is 22.6 Å². The second-order valence-corrected chi connectivity index (χ2v) is 11.4. The van der Waals surface area contributed by atoms with Crippen molar-refractivity contribution in [2.24, 2.45) is 0 Å². The number of hydrogen-bond acceptors (Lipinski definition) is 5. The number of carbonyl (C=O) groups excluding carboxylic acids is 1. The number of piperazine rings is 1. The molecule has 0 saturated carbocycles. The fraction of sp³-hybridized carbons (Fsp3) is 0.406. The van der Waals surface area contributed by atoms with Crippen molar-refractivity contribution in [1.29, 1.82) is 0 Å². The van der Waals surface area contributed by atoms with Crippen LogP contribution in [0.15, 0.2) is 47.5 Å². The maximum Gasteiger partial charge on any atom is 0.253 e. The van der Waals surface area contributed by atoms with Gasteiger partial charge in [-0.25, -0.2) is 4.98 Å². The summed E-state index contributed by atoms with van der Waals surface area (Å²) in [6.07, 6.45) is 4.01. The molecule has 1 saturated heterocycles. The molecule has 1 aliphatic rings. The maximum atomic E-state index is 13.8. The van der Waals surface area contributed by atoms with E-state index in [2.05, 4.69) is 77.2 Å². The lowest BCUT2D eigenvalue weighted by atomic mass is 9.97. The van der Waals surface area contributed by atoms with Gasteiger partial charge in [-0.3, -0.25) is 9.59 Å². The normalized spacial score (nSPS) is 13.9. The quantitative estimate of drug-likeness (QED) is 0.305. The van der Waals surface area contributed by atoms with Crippen molar-refractivity contribution in [3.8, 4) is 11.1 Å². The Morgan fingerprint density at radius 3 is 2.45 bits per heavy atom. The van der Waals surface area contributed by atoms with Crippen LogP contribution in [0.4, 0.5) is 5.82 Å². The van der Waals surface area contributed by atoms with Crippen molar-refractivity contribution in [2.75, 3.05) is 31.1 Å². The number of benzene rings is 1. The average molecular weight is 541 g/mol. The first-order chi connectivity index (χ1) is 19.1. The molecule has 0 unspecified atom stereocenters. The third-order valence-electron chi connectivity index (χ3n) is 7.80. The Morgan fingerprint density at radius 2 is 1.80 bits per heavy atom.